The van der Waals surface area contributed by atoms with E-state index in [0.717, 1.165) is 43.2 Å². The number of amides is 1. The molecule has 1 saturated heterocycles. The number of hydrogen-bond acceptors (Lipinski definition) is 4. The number of carbonyl (C=O) groups is 2. The second-order valence-corrected chi connectivity index (χ2v) is 5.82. The Balaban J connectivity index is 1.67. The molecule has 0 radical (unpaired) electrons. The molecule has 120 valence electrons. The van der Waals surface area contributed by atoms with Crippen LogP contribution in [0.1, 0.15) is 10.4 Å². The highest BCUT2D eigenvalue weighted by Gasteiger charge is 2.19. The Hall–Kier alpha value is -2.40. The van der Waals surface area contributed by atoms with Gasteiger partial charge < -0.3 is 14.5 Å². The molecule has 0 aliphatic carbocycles. The summed E-state index contributed by atoms with van der Waals surface area (Å²) in [5, 5.41) is 1.82. The number of carbonyl (C=O) groups excluding carboxylic acids is 2. The van der Waals surface area contributed by atoms with Crippen LogP contribution in [0.15, 0.2) is 36.4 Å². The topological polar surface area (TPSA) is 49.9 Å². The van der Waals surface area contributed by atoms with Crippen molar-refractivity contribution in [3.05, 3.63) is 42.0 Å². The predicted octanol–water partition coefficient (Wildman–Crippen LogP) is 1.81. The van der Waals surface area contributed by atoms with Gasteiger partial charge in [0.2, 0.25) is 0 Å². The van der Waals surface area contributed by atoms with Crippen LogP contribution >= 0.6 is 0 Å². The first-order chi connectivity index (χ1) is 11.2. The summed E-state index contributed by atoms with van der Waals surface area (Å²) in [6.07, 6.45) is 0.835. The monoisotopic (exact) mass is 312 g/mol. The van der Waals surface area contributed by atoms with Gasteiger partial charge >= 0.3 is 0 Å². The summed E-state index contributed by atoms with van der Waals surface area (Å²) in [5.74, 6) is 0.608. The van der Waals surface area contributed by atoms with E-state index >= 15 is 0 Å². The van der Waals surface area contributed by atoms with Crippen LogP contribution in [-0.2, 0) is 4.79 Å². The fourth-order valence-electron chi connectivity index (χ4n) is 2.76. The van der Waals surface area contributed by atoms with Gasteiger partial charge in [-0.2, -0.15) is 0 Å². The number of rotatable bonds is 4. The van der Waals surface area contributed by atoms with Crippen LogP contribution in [0, 0.1) is 0 Å². The molecule has 5 heteroatoms. The lowest BCUT2D eigenvalue weighted by atomic mass is 10.1. The van der Waals surface area contributed by atoms with Gasteiger partial charge in [0.1, 0.15) is 5.75 Å². The number of hydrogen-bond donors (Lipinski definition) is 0. The van der Waals surface area contributed by atoms with E-state index in [-0.39, 0.29) is 12.5 Å². The van der Waals surface area contributed by atoms with E-state index in [1.54, 1.807) is 6.07 Å². The Bertz CT molecular complexity index is 721. The first kappa shape index (κ1) is 15.5. The molecule has 0 bridgehead atoms. The quantitative estimate of drug-likeness (QED) is 0.808. The molecule has 1 fully saturated rings. The third kappa shape index (κ3) is 3.51. The van der Waals surface area contributed by atoms with Gasteiger partial charge in [-0.15, -0.1) is 0 Å². The zero-order chi connectivity index (χ0) is 16.2. The minimum absolute atomic E-state index is 0.00173. The Labute approximate surface area is 135 Å². The number of aldehydes is 1. The average molecular weight is 312 g/mol. The van der Waals surface area contributed by atoms with Crippen LogP contribution in [0.2, 0.25) is 0 Å². The summed E-state index contributed by atoms with van der Waals surface area (Å²) < 4.78 is 5.63. The zero-order valence-electron chi connectivity index (χ0n) is 13.2. The second-order valence-electron chi connectivity index (χ2n) is 5.82. The van der Waals surface area contributed by atoms with Crippen LogP contribution in [0.25, 0.3) is 10.8 Å². The van der Waals surface area contributed by atoms with Crippen molar-refractivity contribution in [3.63, 3.8) is 0 Å². The molecule has 0 aromatic heterocycles. The highest BCUT2D eigenvalue weighted by atomic mass is 16.5. The number of ether oxygens (including phenoxy) is 1. The highest BCUT2D eigenvalue weighted by molar-refractivity contribution is 5.98. The zero-order valence-corrected chi connectivity index (χ0v) is 13.2. The van der Waals surface area contributed by atoms with E-state index in [9.17, 15) is 9.59 Å². The standard InChI is InChI=1S/C18H20N2O3/c1-19-7-9-20(10-8-19)18(22)13-23-16-6-5-14-3-2-4-15(12-21)17(14)11-16/h2-6,11-12H,7-10,13H2,1H3. The molecule has 2 aromatic carbocycles. The lowest BCUT2D eigenvalue weighted by Gasteiger charge is -2.32. The molecule has 23 heavy (non-hydrogen) atoms. The van der Waals surface area contributed by atoms with Crippen molar-refractivity contribution in [3.8, 4) is 5.75 Å². The summed E-state index contributed by atoms with van der Waals surface area (Å²) in [7, 11) is 2.05. The van der Waals surface area contributed by atoms with Gasteiger partial charge in [0.15, 0.2) is 12.9 Å². The largest absolute Gasteiger partial charge is 0.484 e. The van der Waals surface area contributed by atoms with Gasteiger partial charge in [-0.05, 0) is 30.0 Å². The van der Waals surface area contributed by atoms with Crippen LogP contribution in [0.5, 0.6) is 5.75 Å². The highest BCUT2D eigenvalue weighted by Crippen LogP contribution is 2.23. The molecule has 0 spiro atoms. The van der Waals surface area contributed by atoms with Crippen molar-refractivity contribution in [1.82, 2.24) is 9.80 Å². The first-order valence-corrected chi connectivity index (χ1v) is 7.74. The molecule has 2 aromatic rings. The Kier molecular flexibility index (Phi) is 4.57. The van der Waals surface area contributed by atoms with E-state index in [0.29, 0.717) is 11.3 Å². The molecule has 1 aliphatic heterocycles. The maximum absolute atomic E-state index is 12.2. The summed E-state index contributed by atoms with van der Waals surface area (Å²) in [6, 6.07) is 11.1. The molecule has 0 atom stereocenters. The molecule has 0 saturated carbocycles. The number of benzene rings is 2. The summed E-state index contributed by atoms with van der Waals surface area (Å²) in [6.45, 7) is 3.30. The Morgan fingerprint density at radius 2 is 1.96 bits per heavy atom. The third-order valence-corrected chi connectivity index (χ3v) is 4.23. The van der Waals surface area contributed by atoms with E-state index in [4.69, 9.17) is 4.74 Å². The van der Waals surface area contributed by atoms with Gasteiger partial charge in [0.25, 0.3) is 5.91 Å². The lowest BCUT2D eigenvalue weighted by molar-refractivity contribution is -0.134. The average Bonchev–Trinajstić information content (AvgIpc) is 2.59. The summed E-state index contributed by atoms with van der Waals surface area (Å²) >= 11 is 0. The van der Waals surface area contributed by atoms with Gasteiger partial charge in [0.05, 0.1) is 0 Å². The van der Waals surface area contributed by atoms with Crippen molar-refractivity contribution < 1.29 is 14.3 Å². The van der Waals surface area contributed by atoms with Crippen molar-refractivity contribution in [2.24, 2.45) is 0 Å². The van der Waals surface area contributed by atoms with Gasteiger partial charge in [0, 0.05) is 31.7 Å². The first-order valence-electron chi connectivity index (χ1n) is 7.74. The normalized spacial score (nSPS) is 15.6. The molecule has 5 nitrogen and oxygen atoms in total. The SMILES string of the molecule is CN1CCN(C(=O)COc2ccc3cccc(C=O)c3c2)CC1. The number of nitrogens with zero attached hydrogens (tertiary/aromatic N) is 2. The summed E-state index contributed by atoms with van der Waals surface area (Å²) in [4.78, 5) is 27.4. The molecular formula is C18H20N2O3. The second kappa shape index (κ2) is 6.79. The van der Waals surface area contributed by atoms with E-state index in [2.05, 4.69) is 11.9 Å². The molecule has 1 amide bonds. The maximum Gasteiger partial charge on any atom is 0.260 e. The molecule has 0 N–H and O–H groups in total. The maximum atomic E-state index is 12.2. The predicted molar refractivity (Wildman–Crippen MR) is 88.9 cm³/mol. The van der Waals surface area contributed by atoms with E-state index < -0.39 is 0 Å². The van der Waals surface area contributed by atoms with E-state index in [1.807, 2.05) is 35.2 Å². The minimum Gasteiger partial charge on any atom is -0.484 e. The molecular weight excluding hydrogens is 292 g/mol. The fraction of sp³-hybridized carbons (Fsp3) is 0.333. The van der Waals surface area contributed by atoms with Crippen LogP contribution < -0.4 is 4.74 Å². The van der Waals surface area contributed by atoms with Crippen LogP contribution in [0.3, 0.4) is 0 Å². The van der Waals surface area contributed by atoms with Crippen molar-refractivity contribution >= 4 is 23.0 Å². The van der Waals surface area contributed by atoms with E-state index in [1.165, 1.54) is 0 Å². The van der Waals surface area contributed by atoms with Crippen molar-refractivity contribution in [2.75, 3.05) is 39.8 Å². The molecule has 1 heterocycles. The van der Waals surface area contributed by atoms with Gasteiger partial charge in [-0.1, -0.05) is 24.3 Å². The van der Waals surface area contributed by atoms with Crippen molar-refractivity contribution in [2.45, 2.75) is 0 Å². The Morgan fingerprint density at radius 3 is 2.70 bits per heavy atom. The van der Waals surface area contributed by atoms with Gasteiger partial charge in [-0.3, -0.25) is 9.59 Å². The smallest absolute Gasteiger partial charge is 0.260 e. The Morgan fingerprint density at radius 1 is 1.17 bits per heavy atom. The fourth-order valence-corrected chi connectivity index (χ4v) is 2.76. The molecule has 1 aliphatic rings. The molecule has 0 unspecified atom stereocenters. The number of likely N-dealkylation sites (N-methyl/N-ethyl adjacent to an activating group) is 1. The summed E-state index contributed by atoms with van der Waals surface area (Å²) in [5.41, 5.74) is 0.623. The molecule has 3 rings (SSSR count). The van der Waals surface area contributed by atoms with Crippen molar-refractivity contribution in [1.29, 1.82) is 0 Å². The lowest BCUT2D eigenvalue weighted by Crippen LogP contribution is -2.48. The minimum atomic E-state index is 0.00173. The van der Waals surface area contributed by atoms with Gasteiger partial charge in [-0.25, -0.2) is 0 Å². The number of piperazine rings is 1. The third-order valence-electron chi connectivity index (χ3n) is 4.23. The van der Waals surface area contributed by atoms with Crippen LogP contribution in [-0.4, -0.2) is 61.8 Å². The number of fused-ring (bicyclic) bond motifs is 1. The van der Waals surface area contributed by atoms with Crippen LogP contribution in [0.4, 0.5) is 0 Å².